The van der Waals surface area contributed by atoms with Gasteiger partial charge in [0.15, 0.2) is 18.0 Å². The molecule has 0 amide bonds. The zero-order valence-electron chi connectivity index (χ0n) is 35.1. The lowest BCUT2D eigenvalue weighted by atomic mass is 9.77. The van der Waals surface area contributed by atoms with E-state index in [1.807, 2.05) is 0 Å². The minimum atomic E-state index is -1.73. The third-order valence-corrected chi connectivity index (χ3v) is 15.6. The van der Waals surface area contributed by atoms with Crippen LogP contribution in [0.15, 0.2) is 90.1 Å². The number of pyridine rings is 3. The second kappa shape index (κ2) is 13.9. The van der Waals surface area contributed by atoms with Crippen molar-refractivity contribution in [3.63, 3.8) is 0 Å². The van der Waals surface area contributed by atoms with Crippen LogP contribution in [0.2, 0.25) is 19.6 Å². The van der Waals surface area contributed by atoms with E-state index >= 15 is 0 Å². The molecule has 6 aromatic rings. The largest absolute Gasteiger partial charge is 0.437 e. The number of benzene rings is 2. The van der Waals surface area contributed by atoms with Crippen LogP contribution in [0, 0.1) is 11.3 Å². The first kappa shape index (κ1) is 37.2. The van der Waals surface area contributed by atoms with E-state index in [0.717, 1.165) is 59.1 Å². The predicted molar refractivity (Wildman–Crippen MR) is 235 cm³/mol. The van der Waals surface area contributed by atoms with Crippen LogP contribution in [0.25, 0.3) is 50.3 Å². The average Bonchev–Trinajstić information content (AvgIpc) is 3.57. The highest BCUT2D eigenvalue weighted by atomic mass is 28.3. The Labute approximate surface area is 335 Å². The van der Waals surface area contributed by atoms with Crippen molar-refractivity contribution >= 4 is 41.0 Å². The molecule has 9 rings (SSSR count). The van der Waals surface area contributed by atoms with Gasteiger partial charge in [-0.3, -0.25) is 0 Å². The molecule has 3 unspecified atom stereocenters. The molecule has 1 aliphatic carbocycles. The SMILES string of the molecule is C=C1C2C(CCc3ccc4c(oc5nc(CC)ccc54)c3-c3cc(C(C)C4CCCCC4)cc[n+]31)c1ccccc1-c1cc(CC(C)(C)C)c([Si](C)(C)C)c[n+]12. The number of aromatic nitrogens is 3. The van der Waals surface area contributed by atoms with Gasteiger partial charge in [-0.1, -0.05) is 104 Å². The van der Waals surface area contributed by atoms with Crippen LogP contribution in [0.5, 0.6) is 0 Å². The molecule has 0 bridgehead atoms. The summed E-state index contributed by atoms with van der Waals surface area (Å²) in [5, 5.41) is 3.80. The molecule has 4 aromatic heterocycles. The third kappa shape index (κ3) is 6.39. The third-order valence-electron chi connectivity index (χ3n) is 13.6. The van der Waals surface area contributed by atoms with Crippen molar-refractivity contribution in [3.05, 3.63) is 114 Å². The molecule has 0 spiro atoms. The zero-order chi connectivity index (χ0) is 39.1. The van der Waals surface area contributed by atoms with Gasteiger partial charge in [-0.25, -0.2) is 4.98 Å². The molecule has 1 saturated carbocycles. The molecule has 3 atom stereocenters. The first-order chi connectivity index (χ1) is 26.8. The number of hydrogen-bond donors (Lipinski definition) is 0. The second-order valence-corrected chi connectivity index (χ2v) is 24.7. The molecule has 56 heavy (non-hydrogen) atoms. The number of nitrogens with zero attached hydrogens (tertiary/aromatic N) is 3. The van der Waals surface area contributed by atoms with Crippen LogP contribution < -0.4 is 14.3 Å². The van der Waals surface area contributed by atoms with Gasteiger partial charge < -0.3 is 4.42 Å². The molecule has 6 heterocycles. The highest BCUT2D eigenvalue weighted by molar-refractivity contribution is 6.89. The summed E-state index contributed by atoms with van der Waals surface area (Å²) < 4.78 is 12.0. The number of rotatable bonds is 5. The maximum absolute atomic E-state index is 6.92. The van der Waals surface area contributed by atoms with Gasteiger partial charge in [0.1, 0.15) is 0 Å². The van der Waals surface area contributed by atoms with Gasteiger partial charge in [-0.05, 0) is 103 Å². The van der Waals surface area contributed by atoms with Crippen LogP contribution in [-0.2, 0) is 19.3 Å². The predicted octanol–water partition coefficient (Wildman–Crippen LogP) is 12.0. The van der Waals surface area contributed by atoms with Crippen LogP contribution in [0.1, 0.15) is 119 Å². The van der Waals surface area contributed by atoms with E-state index in [1.54, 1.807) is 5.19 Å². The molecule has 2 aromatic carbocycles. The summed E-state index contributed by atoms with van der Waals surface area (Å²) in [6, 6.07) is 25.9. The van der Waals surface area contributed by atoms with Gasteiger partial charge in [-0.2, -0.15) is 9.13 Å². The smallest absolute Gasteiger partial charge is 0.249 e. The van der Waals surface area contributed by atoms with Crippen molar-refractivity contribution < 1.29 is 13.6 Å². The van der Waals surface area contributed by atoms with Gasteiger partial charge in [0.05, 0.1) is 19.6 Å². The fourth-order valence-corrected chi connectivity index (χ4v) is 12.3. The second-order valence-electron chi connectivity index (χ2n) is 19.7. The van der Waals surface area contributed by atoms with Gasteiger partial charge in [0.25, 0.3) is 0 Å². The molecule has 0 radical (unpaired) electrons. The minimum Gasteiger partial charge on any atom is -0.437 e. The molecule has 3 aliphatic rings. The molecule has 2 aliphatic heterocycles. The number of fused-ring (bicyclic) bond motifs is 13. The van der Waals surface area contributed by atoms with Gasteiger partial charge >= 0.3 is 0 Å². The molecular weight excluding hydrogens is 699 g/mol. The Morgan fingerprint density at radius 3 is 2.43 bits per heavy atom. The first-order valence-electron chi connectivity index (χ1n) is 21.6. The van der Waals surface area contributed by atoms with E-state index in [4.69, 9.17) is 16.0 Å². The van der Waals surface area contributed by atoms with Crippen molar-refractivity contribution in [1.29, 1.82) is 0 Å². The Balaban J connectivity index is 1.31. The van der Waals surface area contributed by atoms with Crippen LogP contribution >= 0.6 is 0 Å². The summed E-state index contributed by atoms with van der Waals surface area (Å²) >= 11 is 0. The summed E-state index contributed by atoms with van der Waals surface area (Å²) in [6.07, 6.45) is 15.6. The molecular formula is C51H61N3OSi+2. The van der Waals surface area contributed by atoms with Gasteiger partial charge in [-0.15, -0.1) is 0 Å². The minimum absolute atomic E-state index is 0.0540. The standard InChI is InChI=1S/C51H61N3OSi/c1-10-38-22-25-43-42-24-21-35-20-23-41-39-18-14-15-19-40(39)44-29-37(30-51(4,5)6)46(56(7,8)9)31-54(44)48(41)33(3)53-27-26-36(32(2)34-16-12-11-13-17-34)28-45(53)47(35)49(42)55-50(43)52-38/h14-15,18-19,21-22,24-29,31-32,34,41,48H,3,10-13,16-17,20,23,30H2,1-2,4-9H3/q+2. The maximum atomic E-state index is 6.92. The Hall–Kier alpha value is -4.35. The maximum Gasteiger partial charge on any atom is 0.249 e. The zero-order valence-corrected chi connectivity index (χ0v) is 36.1. The highest BCUT2D eigenvalue weighted by Gasteiger charge is 2.48. The Kier molecular flexibility index (Phi) is 9.27. The molecule has 4 nitrogen and oxygen atoms in total. The lowest BCUT2D eigenvalue weighted by Gasteiger charge is -2.32. The Morgan fingerprint density at radius 1 is 0.911 bits per heavy atom. The van der Waals surface area contributed by atoms with Gasteiger partial charge in [0.2, 0.25) is 28.8 Å². The van der Waals surface area contributed by atoms with Crippen molar-refractivity contribution in [1.82, 2.24) is 4.98 Å². The van der Waals surface area contributed by atoms with E-state index in [-0.39, 0.29) is 17.4 Å². The van der Waals surface area contributed by atoms with Crippen molar-refractivity contribution in [3.8, 4) is 22.5 Å². The summed E-state index contributed by atoms with van der Waals surface area (Å²) in [4.78, 5) is 4.99. The molecule has 5 heteroatoms. The quantitative estimate of drug-likeness (QED) is 0.130. The number of hydrogen-bond acceptors (Lipinski definition) is 2. The van der Waals surface area contributed by atoms with E-state index in [9.17, 15) is 0 Å². The van der Waals surface area contributed by atoms with Crippen molar-refractivity contribution in [2.45, 2.75) is 130 Å². The van der Waals surface area contributed by atoms with Crippen molar-refractivity contribution in [2.24, 2.45) is 11.3 Å². The van der Waals surface area contributed by atoms with Gasteiger partial charge in [0, 0.05) is 45.4 Å². The van der Waals surface area contributed by atoms with Crippen LogP contribution in [-0.4, -0.2) is 13.1 Å². The number of allylic oxidation sites excluding steroid dienone is 1. The van der Waals surface area contributed by atoms with Crippen LogP contribution in [0.4, 0.5) is 0 Å². The highest BCUT2D eigenvalue weighted by Crippen LogP contribution is 2.47. The van der Waals surface area contributed by atoms with Crippen molar-refractivity contribution in [2.75, 3.05) is 0 Å². The van der Waals surface area contributed by atoms with E-state index in [1.165, 1.54) is 76.9 Å². The molecule has 1 fully saturated rings. The number of furan rings is 1. The summed E-state index contributed by atoms with van der Waals surface area (Å²) in [5.41, 5.74) is 14.9. The van der Waals surface area contributed by atoms with E-state index in [2.05, 4.69) is 143 Å². The lowest BCUT2D eigenvalue weighted by Crippen LogP contribution is -2.57. The molecule has 288 valence electrons. The lowest BCUT2D eigenvalue weighted by molar-refractivity contribution is -0.726. The summed E-state index contributed by atoms with van der Waals surface area (Å²) in [5.74, 6) is 1.46. The van der Waals surface area contributed by atoms with E-state index < -0.39 is 8.07 Å². The Bertz CT molecular complexity index is 2510. The number of aryl methyl sites for hydroxylation is 2. The molecule has 0 saturated heterocycles. The topological polar surface area (TPSA) is 33.8 Å². The first-order valence-corrected chi connectivity index (χ1v) is 25.1. The van der Waals surface area contributed by atoms with Crippen LogP contribution in [0.3, 0.4) is 0 Å². The summed E-state index contributed by atoms with van der Waals surface area (Å²) in [6.45, 7) is 24.4. The van der Waals surface area contributed by atoms with E-state index in [0.29, 0.717) is 11.8 Å². The normalized spacial score (nSPS) is 19.3. The monoisotopic (exact) mass is 759 g/mol. The fraction of sp³-hybridized carbons (Fsp3) is 0.431. The molecule has 0 N–H and O–H groups in total. The Morgan fingerprint density at radius 2 is 1.68 bits per heavy atom. The average molecular weight is 760 g/mol. The fourth-order valence-electron chi connectivity index (χ4n) is 10.7. The summed E-state index contributed by atoms with van der Waals surface area (Å²) in [7, 11) is -1.73.